The van der Waals surface area contributed by atoms with Crippen molar-refractivity contribution in [3.05, 3.63) is 58.0 Å². The number of rotatable bonds is 13. The van der Waals surface area contributed by atoms with Gasteiger partial charge in [-0.25, -0.2) is 4.79 Å². The normalized spacial score (nSPS) is 17.9. The number of carboxylic acids is 2. The first-order valence-electron chi connectivity index (χ1n) is 12.0. The van der Waals surface area contributed by atoms with E-state index in [0.29, 0.717) is 36.9 Å². The first-order chi connectivity index (χ1) is 19.9. The van der Waals surface area contributed by atoms with Crippen molar-refractivity contribution in [3.8, 4) is 0 Å². The van der Waals surface area contributed by atoms with Gasteiger partial charge in [0.15, 0.2) is 12.4 Å². The Balaban J connectivity index is 1.34. The highest BCUT2D eigenvalue weighted by atomic mass is 35.5. The summed E-state index contributed by atoms with van der Waals surface area (Å²) < 4.78 is 1.63. The zero-order valence-electron chi connectivity index (χ0n) is 21.5. The van der Waals surface area contributed by atoms with Crippen LogP contribution in [0.1, 0.15) is 0 Å². The van der Waals surface area contributed by atoms with E-state index in [1.54, 1.807) is 35.2 Å². The van der Waals surface area contributed by atoms with E-state index in [2.05, 4.69) is 5.32 Å². The molecule has 2 aliphatic heterocycles. The fraction of sp³-hybridized carbons (Fsp3) is 0.280. The number of carbonyl (C=O) groups excluding carboxylic acids is 3. The molecule has 0 unspecified atom stereocenters. The van der Waals surface area contributed by atoms with Crippen molar-refractivity contribution in [3.63, 3.8) is 0 Å². The smallest absolute Gasteiger partial charge is 0.352 e. The van der Waals surface area contributed by atoms with Crippen LogP contribution in [0.4, 0.5) is 0 Å². The lowest BCUT2D eigenvalue weighted by Gasteiger charge is -2.49. The third kappa shape index (κ3) is 7.88. The van der Waals surface area contributed by atoms with Crippen LogP contribution in [0, 0.1) is 0 Å². The number of fused-ring (bicyclic) bond motifs is 1. The highest BCUT2D eigenvalue weighted by Crippen LogP contribution is 2.42. The Labute approximate surface area is 266 Å². The van der Waals surface area contributed by atoms with Gasteiger partial charge in [0.05, 0.1) is 21.6 Å². The monoisotopic (exact) mass is 689 g/mol. The van der Waals surface area contributed by atoms with Gasteiger partial charge in [0, 0.05) is 38.3 Å². The van der Waals surface area contributed by atoms with Gasteiger partial charge in [0.1, 0.15) is 17.1 Å². The number of halogens is 2. The number of nitrogens with two attached hydrogens (primary N) is 1. The van der Waals surface area contributed by atoms with Crippen molar-refractivity contribution >= 4 is 99.9 Å². The molecule has 222 valence electrons. The third-order valence-electron chi connectivity index (χ3n) is 5.87. The van der Waals surface area contributed by atoms with Gasteiger partial charge < -0.3 is 21.3 Å². The van der Waals surface area contributed by atoms with Crippen LogP contribution in [0.5, 0.6) is 0 Å². The molecule has 0 radical (unpaired) electrons. The number of hydrogen-bond donors (Lipinski definition) is 4. The molecule has 5 N–H and O–H groups in total. The van der Waals surface area contributed by atoms with Crippen LogP contribution in [0.25, 0.3) is 0 Å². The molecule has 0 bridgehead atoms. The number of hydrogen-bond acceptors (Lipinski definition) is 9. The lowest BCUT2D eigenvalue weighted by molar-refractivity contribution is -0.684. The highest BCUT2D eigenvalue weighted by Gasteiger charge is 2.54. The number of thioether (sulfide) groups is 4. The summed E-state index contributed by atoms with van der Waals surface area (Å²) in [6.07, 6.45) is 3.41. The molecule has 11 nitrogen and oxygen atoms in total. The first-order valence-corrected chi connectivity index (χ1v) is 16.8. The summed E-state index contributed by atoms with van der Waals surface area (Å²) in [6, 6.07) is 5.81. The second-order valence-electron chi connectivity index (χ2n) is 8.86. The zero-order chi connectivity index (χ0) is 30.6. The van der Waals surface area contributed by atoms with E-state index in [1.807, 2.05) is 0 Å². The van der Waals surface area contributed by atoms with E-state index >= 15 is 0 Å². The lowest BCUT2D eigenvalue weighted by Crippen LogP contribution is -2.70. The van der Waals surface area contributed by atoms with E-state index < -0.39 is 41.1 Å². The molecule has 1 aromatic heterocycles. The molecule has 2 atom stereocenters. The molecule has 0 aliphatic carbocycles. The molecule has 3 amide bonds. The average molecular weight is 691 g/mol. The van der Waals surface area contributed by atoms with Gasteiger partial charge in [-0.3, -0.25) is 24.1 Å². The summed E-state index contributed by atoms with van der Waals surface area (Å²) in [5.41, 5.74) is 5.72. The first kappa shape index (κ1) is 32.4. The molecule has 0 saturated carbocycles. The number of benzene rings is 1. The Morgan fingerprint density at radius 3 is 2.24 bits per heavy atom. The molecule has 2 aliphatic rings. The summed E-state index contributed by atoms with van der Waals surface area (Å²) in [7, 11) is 0. The Hall–Kier alpha value is -2.56. The zero-order valence-corrected chi connectivity index (χ0v) is 26.2. The van der Waals surface area contributed by atoms with Crippen LogP contribution in [-0.4, -0.2) is 79.2 Å². The predicted octanol–water partition coefficient (Wildman–Crippen LogP) is 2.57. The SMILES string of the molecule is NC(=O)C[n+]1ccc(SCC2=C(C(=O)O)N3C(=O)[C@@H](NC(=O)CSc4cc(Cl)c(SCC(=O)O)cc4Cl)[C@H]3SC2)cc1. The number of nitrogens with one attached hydrogen (secondary N) is 1. The minimum Gasteiger partial charge on any atom is -0.481 e. The number of aromatic nitrogens is 1. The molecular formula is C25H23Cl2N4O7S4+. The Morgan fingerprint density at radius 2 is 1.67 bits per heavy atom. The number of nitrogens with zero attached hydrogens (tertiary/aromatic N) is 2. The molecule has 2 aromatic rings. The highest BCUT2D eigenvalue weighted by molar-refractivity contribution is 8.01. The number of β-lactam (4-membered cyclic amide) rings is 1. The van der Waals surface area contributed by atoms with Gasteiger partial charge >= 0.3 is 11.9 Å². The predicted molar refractivity (Wildman–Crippen MR) is 162 cm³/mol. The van der Waals surface area contributed by atoms with Gasteiger partial charge in [-0.05, 0) is 17.7 Å². The van der Waals surface area contributed by atoms with Crippen LogP contribution < -0.4 is 15.6 Å². The van der Waals surface area contributed by atoms with E-state index in [1.165, 1.54) is 34.5 Å². The Kier molecular flexibility index (Phi) is 11.0. The fourth-order valence-corrected chi connectivity index (χ4v) is 8.62. The number of carboxylic acid groups (broad SMARTS) is 2. The Morgan fingerprint density at radius 1 is 1.05 bits per heavy atom. The van der Waals surface area contributed by atoms with Gasteiger partial charge in [-0.15, -0.1) is 47.0 Å². The van der Waals surface area contributed by atoms with E-state index in [4.69, 9.17) is 34.0 Å². The standard InChI is InChI=1S/C25H22Cl2N4O7S4/c26-14-6-17(41-11-20(34)35)15(27)5-16(14)40-10-19(33)29-21-23(36)31-22(25(37)38)12(9-42-24(21)31)8-39-13-1-3-30(4-2-13)7-18(28)32/h1-6,21,24H,7-11H2,(H4-,28,29,32,33,34,35,37,38)/p+1/t21-,24-/m1/s1. The topological polar surface area (TPSA) is 171 Å². The van der Waals surface area contributed by atoms with E-state index in [9.17, 15) is 29.1 Å². The van der Waals surface area contributed by atoms with E-state index in [0.717, 1.165) is 28.4 Å². The minimum absolute atomic E-state index is 0.0510. The molecular weight excluding hydrogens is 667 g/mol. The summed E-state index contributed by atoms with van der Waals surface area (Å²) in [5.74, 6) is -3.14. The van der Waals surface area contributed by atoms with Gasteiger partial charge in [-0.1, -0.05) is 23.2 Å². The number of pyridine rings is 1. The fourth-order valence-electron chi connectivity index (χ4n) is 4.02. The summed E-state index contributed by atoms with van der Waals surface area (Å²) in [4.78, 5) is 62.8. The van der Waals surface area contributed by atoms with Gasteiger partial charge in [0.25, 0.3) is 11.8 Å². The maximum Gasteiger partial charge on any atom is 0.352 e. The third-order valence-corrected chi connectivity index (χ3v) is 11.3. The average Bonchev–Trinajstić information content (AvgIpc) is 2.93. The Bertz CT molecular complexity index is 1480. The molecule has 4 rings (SSSR count). The number of carbonyl (C=O) groups is 5. The molecule has 17 heteroatoms. The van der Waals surface area contributed by atoms with E-state index in [-0.39, 0.29) is 23.7 Å². The van der Waals surface area contributed by atoms with Crippen molar-refractivity contribution in [1.29, 1.82) is 0 Å². The molecule has 1 aromatic carbocycles. The molecule has 1 saturated heterocycles. The summed E-state index contributed by atoms with van der Waals surface area (Å²) >= 11 is 17.4. The van der Waals surface area contributed by atoms with Crippen LogP contribution >= 0.6 is 70.2 Å². The maximum absolute atomic E-state index is 13.0. The summed E-state index contributed by atoms with van der Waals surface area (Å²) in [5, 5.41) is 21.5. The molecule has 42 heavy (non-hydrogen) atoms. The van der Waals surface area contributed by atoms with Crippen molar-refractivity contribution in [2.75, 3.05) is 23.0 Å². The van der Waals surface area contributed by atoms with Crippen LogP contribution in [0.15, 0.2) is 62.6 Å². The maximum atomic E-state index is 13.0. The van der Waals surface area contributed by atoms with Crippen molar-refractivity contribution in [2.24, 2.45) is 5.73 Å². The molecule has 0 spiro atoms. The van der Waals surface area contributed by atoms with Crippen LogP contribution in [-0.2, 0) is 30.5 Å². The van der Waals surface area contributed by atoms with Crippen LogP contribution in [0.2, 0.25) is 10.0 Å². The molecule has 1 fully saturated rings. The minimum atomic E-state index is -1.21. The number of amides is 3. The summed E-state index contributed by atoms with van der Waals surface area (Å²) in [6.45, 7) is 0.0510. The van der Waals surface area contributed by atoms with Gasteiger partial charge in [0.2, 0.25) is 12.5 Å². The molecule has 3 heterocycles. The van der Waals surface area contributed by atoms with Crippen LogP contribution in [0.3, 0.4) is 0 Å². The van der Waals surface area contributed by atoms with Crippen molar-refractivity contribution < 1.29 is 38.8 Å². The quantitative estimate of drug-likeness (QED) is 0.138. The number of primary amides is 1. The lowest BCUT2D eigenvalue weighted by atomic mass is 10.0. The largest absolute Gasteiger partial charge is 0.481 e. The van der Waals surface area contributed by atoms with Gasteiger partial charge in [-0.2, -0.15) is 4.57 Å². The second-order valence-corrected chi connectivity index (χ2v) is 13.9. The van der Waals surface area contributed by atoms with Crippen molar-refractivity contribution in [1.82, 2.24) is 10.2 Å². The second kappa shape index (κ2) is 14.3. The van der Waals surface area contributed by atoms with Crippen molar-refractivity contribution in [2.45, 2.75) is 32.6 Å². The number of aliphatic carboxylic acids is 2.